The average molecular weight is 358 g/mol. The quantitative estimate of drug-likeness (QED) is 0.827. The molecule has 1 aromatic heterocycles. The summed E-state index contributed by atoms with van der Waals surface area (Å²) in [6.45, 7) is 4.60. The van der Waals surface area contributed by atoms with Gasteiger partial charge in [-0.25, -0.2) is 4.39 Å². The molecule has 0 saturated carbocycles. The lowest BCUT2D eigenvalue weighted by atomic mass is 10.1. The van der Waals surface area contributed by atoms with E-state index < -0.39 is 0 Å². The molecule has 3 rings (SSSR count). The molecule has 140 valence electrons. The van der Waals surface area contributed by atoms with Crippen LogP contribution in [-0.2, 0) is 13.5 Å². The summed E-state index contributed by atoms with van der Waals surface area (Å²) in [5.41, 5.74) is 2.55. The molecule has 1 saturated heterocycles. The van der Waals surface area contributed by atoms with Gasteiger partial charge in [0.05, 0.1) is 11.7 Å². The first-order valence-electron chi connectivity index (χ1n) is 9.39. The Bertz CT molecular complexity index is 735. The van der Waals surface area contributed by atoms with Crippen molar-refractivity contribution in [2.24, 2.45) is 7.05 Å². The topological polar surface area (TPSA) is 50.2 Å². The van der Waals surface area contributed by atoms with E-state index in [4.69, 9.17) is 0 Å². The molecule has 1 aromatic carbocycles. The zero-order chi connectivity index (χ0) is 18.5. The van der Waals surface area contributed by atoms with Crippen LogP contribution < -0.4 is 5.32 Å². The molecule has 5 nitrogen and oxygen atoms in total. The second-order valence-electron chi connectivity index (χ2n) is 6.91. The van der Waals surface area contributed by atoms with E-state index >= 15 is 0 Å². The zero-order valence-electron chi connectivity index (χ0n) is 15.5. The monoisotopic (exact) mass is 358 g/mol. The van der Waals surface area contributed by atoms with Crippen molar-refractivity contribution < 1.29 is 9.18 Å². The predicted octanol–water partition coefficient (Wildman–Crippen LogP) is 3.08. The van der Waals surface area contributed by atoms with Crippen LogP contribution in [0.15, 0.2) is 30.3 Å². The molecule has 1 N–H and O–H groups in total. The van der Waals surface area contributed by atoms with Crippen LogP contribution in [0.2, 0.25) is 0 Å². The molecule has 0 aliphatic carbocycles. The van der Waals surface area contributed by atoms with Crippen molar-refractivity contribution in [3.8, 4) is 0 Å². The third kappa shape index (κ3) is 4.30. The summed E-state index contributed by atoms with van der Waals surface area (Å²) in [7, 11) is 1.80. The van der Waals surface area contributed by atoms with E-state index in [9.17, 15) is 9.18 Å². The van der Waals surface area contributed by atoms with E-state index in [1.807, 2.05) is 18.2 Å². The maximum atomic E-state index is 13.3. The van der Waals surface area contributed by atoms with Gasteiger partial charge in [0.25, 0.3) is 5.91 Å². The smallest absolute Gasteiger partial charge is 0.269 e. The van der Waals surface area contributed by atoms with Gasteiger partial charge in [0, 0.05) is 13.6 Å². The van der Waals surface area contributed by atoms with Crippen molar-refractivity contribution in [1.29, 1.82) is 0 Å². The van der Waals surface area contributed by atoms with E-state index in [0.29, 0.717) is 12.2 Å². The summed E-state index contributed by atoms with van der Waals surface area (Å²) >= 11 is 0. The van der Waals surface area contributed by atoms with E-state index in [1.54, 1.807) is 11.7 Å². The van der Waals surface area contributed by atoms with Crippen LogP contribution in [-0.4, -0.2) is 40.2 Å². The number of benzene rings is 1. The number of halogens is 1. The molecule has 6 heteroatoms. The van der Waals surface area contributed by atoms with Crippen molar-refractivity contribution in [2.75, 3.05) is 19.6 Å². The number of aromatic nitrogens is 2. The second kappa shape index (κ2) is 8.45. The van der Waals surface area contributed by atoms with Gasteiger partial charge in [-0.3, -0.25) is 14.4 Å². The molecule has 2 heterocycles. The van der Waals surface area contributed by atoms with Crippen LogP contribution >= 0.6 is 0 Å². The van der Waals surface area contributed by atoms with Crippen LogP contribution in [0.5, 0.6) is 0 Å². The maximum Gasteiger partial charge on any atom is 0.269 e. The Balaban J connectivity index is 1.71. The van der Waals surface area contributed by atoms with Gasteiger partial charge in [0.2, 0.25) is 0 Å². The lowest BCUT2D eigenvalue weighted by Gasteiger charge is -2.28. The Hall–Kier alpha value is -2.21. The van der Waals surface area contributed by atoms with Gasteiger partial charge in [-0.2, -0.15) is 5.10 Å². The summed E-state index contributed by atoms with van der Waals surface area (Å²) in [6.07, 6.45) is 4.19. The molecular formula is C20H27FN4O. The van der Waals surface area contributed by atoms with E-state index in [-0.39, 0.29) is 17.8 Å². The first-order chi connectivity index (χ1) is 12.6. The van der Waals surface area contributed by atoms with E-state index in [0.717, 1.165) is 50.0 Å². The molecule has 26 heavy (non-hydrogen) atoms. The van der Waals surface area contributed by atoms with Crippen LogP contribution in [0.3, 0.4) is 0 Å². The van der Waals surface area contributed by atoms with E-state index in [1.165, 1.54) is 12.1 Å². The minimum absolute atomic E-state index is 0.0605. The van der Waals surface area contributed by atoms with Gasteiger partial charge < -0.3 is 5.32 Å². The summed E-state index contributed by atoms with van der Waals surface area (Å²) in [4.78, 5) is 15.0. The predicted molar refractivity (Wildman–Crippen MR) is 99.5 cm³/mol. The van der Waals surface area contributed by atoms with Crippen molar-refractivity contribution in [3.63, 3.8) is 0 Å². The fourth-order valence-corrected chi connectivity index (χ4v) is 3.59. The fourth-order valence-electron chi connectivity index (χ4n) is 3.59. The Morgan fingerprint density at radius 2 is 1.96 bits per heavy atom. The molecule has 1 aliphatic heterocycles. The largest absolute Gasteiger partial charge is 0.349 e. The lowest BCUT2D eigenvalue weighted by molar-refractivity contribution is 0.0928. The summed E-state index contributed by atoms with van der Waals surface area (Å²) in [6, 6.07) is 8.52. The molecule has 0 unspecified atom stereocenters. The van der Waals surface area contributed by atoms with E-state index in [2.05, 4.69) is 22.2 Å². The van der Waals surface area contributed by atoms with Crippen LogP contribution in [0.1, 0.15) is 54.0 Å². The summed E-state index contributed by atoms with van der Waals surface area (Å²) in [5.74, 6) is -0.357. The number of hydrogen-bond donors (Lipinski definition) is 1. The molecule has 1 amide bonds. The number of rotatable bonds is 7. The Kier molecular flexibility index (Phi) is 6.04. The molecule has 0 spiro atoms. The Labute approximate surface area is 154 Å². The Morgan fingerprint density at radius 3 is 2.62 bits per heavy atom. The van der Waals surface area contributed by atoms with Crippen LogP contribution in [0.25, 0.3) is 0 Å². The fraction of sp³-hybridized carbons (Fsp3) is 0.500. The van der Waals surface area contributed by atoms with Gasteiger partial charge in [0.1, 0.15) is 11.5 Å². The second-order valence-corrected chi connectivity index (χ2v) is 6.91. The molecule has 1 fully saturated rings. The molecule has 0 radical (unpaired) electrons. The SMILES string of the molecule is CCCc1cc(C(=O)NC[C@@H](c2ccc(F)cc2)N2CCCC2)n(C)n1. The molecule has 1 aliphatic rings. The van der Waals surface area contributed by atoms with Crippen LogP contribution in [0.4, 0.5) is 4.39 Å². The first-order valence-corrected chi connectivity index (χ1v) is 9.39. The van der Waals surface area contributed by atoms with Gasteiger partial charge >= 0.3 is 0 Å². The number of carbonyl (C=O) groups is 1. The Morgan fingerprint density at radius 1 is 1.27 bits per heavy atom. The summed E-state index contributed by atoms with van der Waals surface area (Å²) < 4.78 is 14.9. The van der Waals surface area contributed by atoms with Gasteiger partial charge in [-0.1, -0.05) is 25.5 Å². The summed E-state index contributed by atoms with van der Waals surface area (Å²) in [5, 5.41) is 7.45. The van der Waals surface area contributed by atoms with Crippen LogP contribution in [0, 0.1) is 5.82 Å². The highest BCUT2D eigenvalue weighted by molar-refractivity contribution is 5.92. The highest BCUT2D eigenvalue weighted by Crippen LogP contribution is 2.25. The number of nitrogens with one attached hydrogen (secondary N) is 1. The number of aryl methyl sites for hydroxylation is 2. The molecular weight excluding hydrogens is 331 g/mol. The minimum atomic E-state index is -0.240. The average Bonchev–Trinajstić information content (AvgIpc) is 3.27. The van der Waals surface area contributed by atoms with Crippen molar-refractivity contribution in [2.45, 2.75) is 38.6 Å². The third-order valence-electron chi connectivity index (χ3n) is 4.96. The molecule has 1 atom stereocenters. The zero-order valence-corrected chi connectivity index (χ0v) is 15.5. The van der Waals surface area contributed by atoms with Gasteiger partial charge in [-0.15, -0.1) is 0 Å². The number of nitrogens with zero attached hydrogens (tertiary/aromatic N) is 3. The maximum absolute atomic E-state index is 13.3. The van der Waals surface area contributed by atoms with Crippen molar-refractivity contribution >= 4 is 5.91 Å². The first kappa shape index (κ1) is 18.6. The molecule has 0 bridgehead atoms. The van der Waals surface area contributed by atoms with Crippen molar-refractivity contribution in [3.05, 3.63) is 53.1 Å². The number of carbonyl (C=O) groups excluding carboxylic acids is 1. The minimum Gasteiger partial charge on any atom is -0.349 e. The highest BCUT2D eigenvalue weighted by Gasteiger charge is 2.24. The number of amides is 1. The standard InChI is InChI=1S/C20H27FN4O/c1-3-6-17-13-18(24(2)23-17)20(26)22-14-19(25-11-4-5-12-25)15-7-9-16(21)10-8-15/h7-10,13,19H,3-6,11-12,14H2,1-2H3,(H,22,26)/t19-/m0/s1. The number of hydrogen-bond acceptors (Lipinski definition) is 3. The van der Waals surface area contributed by atoms with Gasteiger partial charge in [0.15, 0.2) is 0 Å². The third-order valence-corrected chi connectivity index (χ3v) is 4.96. The van der Waals surface area contributed by atoms with Gasteiger partial charge in [-0.05, 0) is 56.1 Å². The molecule has 2 aromatic rings. The normalized spacial score (nSPS) is 16.0. The van der Waals surface area contributed by atoms with Crippen molar-refractivity contribution in [1.82, 2.24) is 20.0 Å². The lowest BCUT2D eigenvalue weighted by Crippen LogP contribution is -2.37. The number of likely N-dealkylation sites (tertiary alicyclic amines) is 1. The highest BCUT2D eigenvalue weighted by atomic mass is 19.1.